The minimum Gasteiger partial charge on any atom is -0.512 e. The van der Waals surface area contributed by atoms with Crippen LogP contribution in [0.3, 0.4) is 0 Å². The van der Waals surface area contributed by atoms with Crippen LogP contribution in [0.1, 0.15) is 48.4 Å². The van der Waals surface area contributed by atoms with Gasteiger partial charge in [-0.15, -0.1) is 0 Å². The van der Waals surface area contributed by atoms with Gasteiger partial charge in [0.1, 0.15) is 5.75 Å². The zero-order valence-electron chi connectivity index (χ0n) is 15.2. The highest BCUT2D eigenvalue weighted by Crippen LogP contribution is 2.50. The summed E-state index contributed by atoms with van der Waals surface area (Å²) in [5, 5.41) is 17.9. The van der Waals surface area contributed by atoms with Crippen LogP contribution in [0.5, 0.6) is 5.75 Å². The van der Waals surface area contributed by atoms with Gasteiger partial charge in [-0.25, -0.2) is 5.01 Å². The van der Waals surface area contributed by atoms with Crippen LogP contribution in [0.4, 0.5) is 0 Å². The molecule has 2 atom stereocenters. The average molecular weight is 381 g/mol. The number of ether oxygens (including phenoxy) is 1. The largest absolute Gasteiger partial charge is 0.512 e. The number of rotatable bonds is 1. The van der Waals surface area contributed by atoms with Crippen LogP contribution in [-0.2, 0) is 0 Å². The lowest BCUT2D eigenvalue weighted by Gasteiger charge is -2.47. The van der Waals surface area contributed by atoms with E-state index in [4.69, 9.17) is 21.4 Å². The summed E-state index contributed by atoms with van der Waals surface area (Å²) in [5.74, 6) is 1.20. The molecular formula is C22H21ClN2O2. The summed E-state index contributed by atoms with van der Waals surface area (Å²) in [6.07, 6.45) is 4.97. The van der Waals surface area contributed by atoms with Crippen LogP contribution in [0, 0.1) is 6.92 Å². The molecule has 3 aliphatic rings. The number of hydrazone groups is 1. The third kappa shape index (κ3) is 2.71. The molecule has 0 bridgehead atoms. The van der Waals surface area contributed by atoms with E-state index in [-0.39, 0.29) is 6.04 Å². The van der Waals surface area contributed by atoms with E-state index in [9.17, 15) is 5.11 Å². The molecule has 138 valence electrons. The first kappa shape index (κ1) is 16.7. The Morgan fingerprint density at radius 2 is 2.04 bits per heavy atom. The number of nitrogens with zero attached hydrogens (tertiary/aromatic N) is 2. The van der Waals surface area contributed by atoms with E-state index in [2.05, 4.69) is 31.2 Å². The van der Waals surface area contributed by atoms with Gasteiger partial charge < -0.3 is 9.84 Å². The fourth-order valence-electron chi connectivity index (χ4n) is 4.32. The molecule has 0 saturated carbocycles. The van der Waals surface area contributed by atoms with Gasteiger partial charge in [-0.1, -0.05) is 41.4 Å². The van der Waals surface area contributed by atoms with Gasteiger partial charge in [0.15, 0.2) is 0 Å². The van der Waals surface area contributed by atoms with E-state index in [1.807, 2.05) is 29.3 Å². The summed E-state index contributed by atoms with van der Waals surface area (Å²) in [7, 11) is 0. The lowest BCUT2D eigenvalue weighted by molar-refractivity contribution is -0.0944. The Hall–Kier alpha value is -2.46. The Kier molecular flexibility index (Phi) is 3.73. The van der Waals surface area contributed by atoms with E-state index in [0.29, 0.717) is 17.2 Å². The van der Waals surface area contributed by atoms with E-state index in [1.165, 1.54) is 5.56 Å². The standard InChI is InChI=1S/C22H21ClN2O2/c1-14-4-6-15(7-5-14)19-12-20-18-11-16(23)8-9-21(18)27-22(25(20)24-19)10-2-3-17(26)13-22/h4-9,11,13,20,26H,2-3,10,12H2,1H3/t20-,22+/m1/s1. The number of aliphatic hydroxyl groups is 1. The predicted molar refractivity (Wildman–Crippen MR) is 106 cm³/mol. The Morgan fingerprint density at radius 3 is 2.81 bits per heavy atom. The fraction of sp³-hybridized carbons (Fsp3) is 0.318. The van der Waals surface area contributed by atoms with Crippen molar-refractivity contribution in [3.63, 3.8) is 0 Å². The number of fused-ring (bicyclic) bond motifs is 4. The maximum atomic E-state index is 10.2. The monoisotopic (exact) mass is 380 g/mol. The highest BCUT2D eigenvalue weighted by Gasteiger charge is 2.50. The van der Waals surface area contributed by atoms with Crippen molar-refractivity contribution in [3.05, 3.63) is 76.0 Å². The number of hydrogen-bond donors (Lipinski definition) is 1. The normalized spacial score (nSPS) is 26.1. The number of allylic oxidation sites excluding steroid dienone is 1. The Labute approximate surface area is 163 Å². The SMILES string of the molecule is Cc1ccc(C2=NN3[C@H](C2)c2cc(Cl)ccc2O[C@@]32C=C(O)CCC2)cc1. The Morgan fingerprint density at radius 1 is 1.22 bits per heavy atom. The van der Waals surface area contributed by atoms with Gasteiger partial charge in [0, 0.05) is 35.9 Å². The minimum absolute atomic E-state index is 0.0471. The molecule has 2 aromatic rings. The highest BCUT2D eigenvalue weighted by atomic mass is 35.5. The van der Waals surface area contributed by atoms with Gasteiger partial charge in [-0.2, -0.15) is 5.10 Å². The van der Waals surface area contributed by atoms with Crippen LogP contribution in [0.25, 0.3) is 0 Å². The van der Waals surface area contributed by atoms with E-state index < -0.39 is 5.72 Å². The molecule has 0 radical (unpaired) electrons. The van der Waals surface area contributed by atoms with Crippen LogP contribution in [-0.4, -0.2) is 21.6 Å². The quantitative estimate of drug-likeness (QED) is 0.709. The maximum Gasteiger partial charge on any atom is 0.220 e. The second kappa shape index (κ2) is 6.03. The third-order valence-corrected chi connectivity index (χ3v) is 5.90. The summed E-state index contributed by atoms with van der Waals surface area (Å²) >= 11 is 6.27. The van der Waals surface area contributed by atoms with Crippen molar-refractivity contribution in [2.24, 2.45) is 5.10 Å². The maximum absolute atomic E-state index is 10.2. The van der Waals surface area contributed by atoms with Crippen LogP contribution < -0.4 is 4.74 Å². The third-order valence-electron chi connectivity index (χ3n) is 5.66. The molecule has 4 nitrogen and oxygen atoms in total. The molecule has 1 spiro atoms. The predicted octanol–water partition coefficient (Wildman–Crippen LogP) is 5.51. The number of halogens is 1. The zero-order chi connectivity index (χ0) is 18.6. The summed E-state index contributed by atoms with van der Waals surface area (Å²) < 4.78 is 6.43. The van der Waals surface area contributed by atoms with Crippen LogP contribution in [0.2, 0.25) is 5.02 Å². The minimum atomic E-state index is -0.736. The Balaban J connectivity index is 1.64. The van der Waals surface area contributed by atoms with Crippen LogP contribution in [0.15, 0.2) is 59.4 Å². The van der Waals surface area contributed by atoms with Gasteiger partial charge in [-0.05, 0) is 37.1 Å². The van der Waals surface area contributed by atoms with Gasteiger partial charge >= 0.3 is 0 Å². The molecule has 2 aliphatic heterocycles. The van der Waals surface area contributed by atoms with Crippen molar-refractivity contribution in [3.8, 4) is 5.75 Å². The smallest absolute Gasteiger partial charge is 0.220 e. The van der Waals surface area contributed by atoms with Crippen molar-refractivity contribution in [1.29, 1.82) is 0 Å². The van der Waals surface area contributed by atoms with Crippen molar-refractivity contribution in [2.75, 3.05) is 0 Å². The molecule has 5 rings (SSSR count). The molecule has 5 heteroatoms. The second-order valence-electron chi connectivity index (χ2n) is 7.60. The summed E-state index contributed by atoms with van der Waals surface area (Å²) in [6, 6.07) is 14.3. The van der Waals surface area contributed by atoms with E-state index >= 15 is 0 Å². The molecule has 2 aromatic carbocycles. The summed E-state index contributed by atoms with van der Waals surface area (Å²) in [4.78, 5) is 0. The number of hydrogen-bond acceptors (Lipinski definition) is 4. The van der Waals surface area contributed by atoms with Gasteiger partial charge in [0.25, 0.3) is 0 Å². The van der Waals surface area contributed by atoms with Crippen LogP contribution >= 0.6 is 11.6 Å². The van der Waals surface area contributed by atoms with E-state index in [0.717, 1.165) is 41.9 Å². The number of aryl methyl sites for hydroxylation is 1. The first-order chi connectivity index (χ1) is 13.0. The summed E-state index contributed by atoms with van der Waals surface area (Å²) in [6.45, 7) is 2.08. The van der Waals surface area contributed by atoms with Crippen molar-refractivity contribution in [2.45, 2.75) is 44.4 Å². The molecular weight excluding hydrogens is 360 g/mol. The molecule has 0 unspecified atom stereocenters. The van der Waals surface area contributed by atoms with Gasteiger partial charge in [-0.3, -0.25) is 0 Å². The molecule has 27 heavy (non-hydrogen) atoms. The first-order valence-electron chi connectivity index (χ1n) is 9.37. The highest BCUT2D eigenvalue weighted by molar-refractivity contribution is 6.30. The van der Waals surface area contributed by atoms with Crippen molar-refractivity contribution >= 4 is 17.3 Å². The lowest BCUT2D eigenvalue weighted by atomic mass is 9.90. The Bertz CT molecular complexity index is 967. The molecule has 0 amide bonds. The fourth-order valence-corrected chi connectivity index (χ4v) is 4.50. The topological polar surface area (TPSA) is 45.1 Å². The van der Waals surface area contributed by atoms with Crippen molar-refractivity contribution in [1.82, 2.24) is 5.01 Å². The average Bonchev–Trinajstić information content (AvgIpc) is 3.10. The summed E-state index contributed by atoms with van der Waals surface area (Å²) in [5.41, 5.74) is 3.71. The molecule has 0 aromatic heterocycles. The lowest BCUT2D eigenvalue weighted by Crippen LogP contribution is -2.53. The zero-order valence-corrected chi connectivity index (χ0v) is 15.9. The molecule has 0 saturated heterocycles. The van der Waals surface area contributed by atoms with Gasteiger partial charge in [0.05, 0.1) is 17.5 Å². The first-order valence-corrected chi connectivity index (χ1v) is 9.75. The number of benzene rings is 2. The molecule has 0 fully saturated rings. The van der Waals surface area contributed by atoms with E-state index in [1.54, 1.807) is 0 Å². The molecule has 1 aliphatic carbocycles. The van der Waals surface area contributed by atoms with Gasteiger partial charge in [0.2, 0.25) is 5.72 Å². The second-order valence-corrected chi connectivity index (χ2v) is 8.03. The van der Waals surface area contributed by atoms with Crippen molar-refractivity contribution < 1.29 is 9.84 Å². The molecule has 2 heterocycles. The number of aliphatic hydroxyl groups excluding tert-OH is 1. The molecule has 1 N–H and O–H groups in total.